The number of methoxy groups -OCH3 is 1. The molecule has 3 amide bonds. The number of nitrogens with one attached hydrogen (secondary N) is 1. The average Bonchev–Trinajstić information content (AvgIpc) is 3.42. The summed E-state index contributed by atoms with van der Waals surface area (Å²) in [6.07, 6.45) is 3.13. The van der Waals surface area contributed by atoms with Crippen LogP contribution in [-0.4, -0.2) is 24.8 Å². The topological polar surface area (TPSA) is 75.7 Å². The first-order valence-electron chi connectivity index (χ1n) is 10.0. The second-order valence-corrected chi connectivity index (χ2v) is 8.10. The maximum Gasteiger partial charge on any atom is 0.255 e. The van der Waals surface area contributed by atoms with Crippen molar-refractivity contribution in [1.29, 1.82) is 0 Å². The molecule has 0 spiro atoms. The van der Waals surface area contributed by atoms with Gasteiger partial charge in [0, 0.05) is 5.56 Å². The summed E-state index contributed by atoms with van der Waals surface area (Å²) in [6.45, 7) is 0. The van der Waals surface area contributed by atoms with E-state index in [0.29, 0.717) is 34.5 Å². The van der Waals surface area contributed by atoms with Crippen molar-refractivity contribution in [3.8, 4) is 5.75 Å². The Labute approximate surface area is 168 Å². The van der Waals surface area contributed by atoms with E-state index in [4.69, 9.17) is 4.74 Å². The van der Waals surface area contributed by atoms with Gasteiger partial charge in [0.05, 0.1) is 30.3 Å². The smallest absolute Gasteiger partial charge is 0.255 e. The number of carbonyl (C=O) groups excluding carboxylic acids is 3. The molecule has 2 saturated carbocycles. The van der Waals surface area contributed by atoms with E-state index in [1.165, 1.54) is 4.90 Å². The summed E-state index contributed by atoms with van der Waals surface area (Å²) in [4.78, 5) is 39.8. The molecule has 4 atom stereocenters. The zero-order valence-corrected chi connectivity index (χ0v) is 16.1. The van der Waals surface area contributed by atoms with Crippen LogP contribution in [0, 0.1) is 23.7 Å². The molecule has 0 unspecified atom stereocenters. The number of benzene rings is 2. The quantitative estimate of drug-likeness (QED) is 0.811. The summed E-state index contributed by atoms with van der Waals surface area (Å²) < 4.78 is 5.25. The van der Waals surface area contributed by atoms with Crippen LogP contribution in [-0.2, 0) is 9.59 Å². The molecule has 5 rings (SSSR count). The molecule has 1 aliphatic heterocycles. The molecule has 2 bridgehead atoms. The number of amides is 3. The summed E-state index contributed by atoms with van der Waals surface area (Å²) in [6, 6.07) is 13.8. The molecule has 6 nitrogen and oxygen atoms in total. The van der Waals surface area contributed by atoms with Crippen molar-refractivity contribution in [2.24, 2.45) is 23.7 Å². The number of rotatable bonds is 4. The number of hydrogen-bond acceptors (Lipinski definition) is 4. The molecule has 2 aliphatic carbocycles. The van der Waals surface area contributed by atoms with Crippen LogP contribution in [0.4, 0.5) is 11.4 Å². The highest BCUT2D eigenvalue weighted by atomic mass is 16.5. The lowest BCUT2D eigenvalue weighted by molar-refractivity contribution is -0.123. The van der Waals surface area contributed by atoms with Crippen molar-refractivity contribution in [2.75, 3.05) is 17.3 Å². The van der Waals surface area contributed by atoms with Crippen LogP contribution in [0.1, 0.15) is 29.6 Å². The zero-order chi connectivity index (χ0) is 20.1. The molecular formula is C23H22N2O4. The Hall–Kier alpha value is -3.15. The third-order valence-electron chi connectivity index (χ3n) is 6.67. The lowest BCUT2D eigenvalue weighted by atomic mass is 9.81. The van der Waals surface area contributed by atoms with Crippen LogP contribution < -0.4 is 15.0 Å². The summed E-state index contributed by atoms with van der Waals surface area (Å²) >= 11 is 0. The van der Waals surface area contributed by atoms with Crippen LogP contribution >= 0.6 is 0 Å². The number of nitrogens with zero attached hydrogens (tertiary/aromatic N) is 1. The number of imide groups is 1. The molecule has 6 heteroatoms. The highest BCUT2D eigenvalue weighted by Gasteiger charge is 2.61. The van der Waals surface area contributed by atoms with E-state index in [2.05, 4.69) is 5.32 Å². The number of para-hydroxylation sites is 2. The maximum absolute atomic E-state index is 12.9. The van der Waals surface area contributed by atoms with Gasteiger partial charge in [0.1, 0.15) is 5.75 Å². The number of hydrogen-bond donors (Lipinski definition) is 1. The Kier molecular flexibility index (Phi) is 4.15. The molecule has 1 saturated heterocycles. The van der Waals surface area contributed by atoms with Crippen molar-refractivity contribution in [3.05, 3.63) is 54.1 Å². The van der Waals surface area contributed by atoms with Crippen molar-refractivity contribution in [1.82, 2.24) is 0 Å². The standard InChI is InChI=1S/C23H22N2O4/c1-29-18-5-3-2-4-17(18)24-21(26)13-8-10-16(11-9-13)25-22(27)19-14-6-7-15(12-14)20(19)23(25)28/h2-5,8-11,14-15,19-20H,6-7,12H2,1H3,(H,24,26)/t14-,15+,19-,20+. The highest BCUT2D eigenvalue weighted by molar-refractivity contribution is 6.22. The SMILES string of the molecule is COc1ccccc1NC(=O)c1ccc(N2C(=O)[C@@H]3[C@@H]4CC[C@@H](C4)[C@@H]3C2=O)cc1. The normalized spacial score (nSPS) is 27.3. The monoisotopic (exact) mass is 390 g/mol. The Bertz CT molecular complexity index is 972. The van der Waals surface area contributed by atoms with Gasteiger partial charge in [0.25, 0.3) is 5.91 Å². The Morgan fingerprint density at radius 3 is 2.21 bits per heavy atom. The number of ether oxygens (including phenoxy) is 1. The fourth-order valence-corrected chi connectivity index (χ4v) is 5.37. The summed E-state index contributed by atoms with van der Waals surface area (Å²) in [5, 5.41) is 2.83. The predicted molar refractivity (Wildman–Crippen MR) is 108 cm³/mol. The zero-order valence-electron chi connectivity index (χ0n) is 16.1. The average molecular weight is 390 g/mol. The minimum Gasteiger partial charge on any atom is -0.495 e. The number of anilines is 2. The van der Waals surface area contributed by atoms with Crippen molar-refractivity contribution in [2.45, 2.75) is 19.3 Å². The predicted octanol–water partition coefficient (Wildman–Crippen LogP) is 3.48. The second-order valence-electron chi connectivity index (χ2n) is 8.10. The van der Waals surface area contributed by atoms with Crippen LogP contribution in [0.25, 0.3) is 0 Å². The van der Waals surface area contributed by atoms with E-state index in [0.717, 1.165) is 19.3 Å². The molecule has 1 N–H and O–H groups in total. The minimum absolute atomic E-state index is 0.0709. The first kappa shape index (κ1) is 17.9. The molecule has 3 fully saturated rings. The Morgan fingerprint density at radius 2 is 1.59 bits per heavy atom. The first-order valence-corrected chi connectivity index (χ1v) is 10.0. The van der Waals surface area contributed by atoms with Gasteiger partial charge in [-0.3, -0.25) is 19.3 Å². The van der Waals surface area contributed by atoms with E-state index in [1.54, 1.807) is 43.5 Å². The van der Waals surface area contributed by atoms with E-state index < -0.39 is 0 Å². The van der Waals surface area contributed by atoms with Crippen molar-refractivity contribution in [3.63, 3.8) is 0 Å². The van der Waals surface area contributed by atoms with Gasteiger partial charge in [0.15, 0.2) is 0 Å². The summed E-state index contributed by atoms with van der Waals surface area (Å²) in [7, 11) is 1.55. The Balaban J connectivity index is 1.35. The largest absolute Gasteiger partial charge is 0.495 e. The van der Waals surface area contributed by atoms with Crippen LogP contribution in [0.15, 0.2) is 48.5 Å². The van der Waals surface area contributed by atoms with E-state index in [9.17, 15) is 14.4 Å². The van der Waals surface area contributed by atoms with Crippen LogP contribution in [0.5, 0.6) is 5.75 Å². The van der Waals surface area contributed by atoms with Crippen molar-refractivity contribution >= 4 is 29.1 Å². The van der Waals surface area contributed by atoms with Gasteiger partial charge in [-0.2, -0.15) is 0 Å². The van der Waals surface area contributed by atoms with Crippen LogP contribution in [0.3, 0.4) is 0 Å². The second kappa shape index (κ2) is 6.72. The fourth-order valence-electron chi connectivity index (χ4n) is 5.37. The van der Waals surface area contributed by atoms with Gasteiger partial charge >= 0.3 is 0 Å². The lowest BCUT2D eigenvalue weighted by Crippen LogP contribution is -2.32. The number of fused-ring (bicyclic) bond motifs is 5. The lowest BCUT2D eigenvalue weighted by Gasteiger charge is -2.19. The first-order chi connectivity index (χ1) is 14.1. The maximum atomic E-state index is 12.9. The molecule has 2 aromatic rings. The van der Waals surface area contributed by atoms with E-state index >= 15 is 0 Å². The molecular weight excluding hydrogens is 368 g/mol. The molecule has 2 aromatic carbocycles. The molecule has 29 heavy (non-hydrogen) atoms. The minimum atomic E-state index is -0.282. The van der Waals surface area contributed by atoms with E-state index in [-0.39, 0.29) is 29.6 Å². The van der Waals surface area contributed by atoms with E-state index in [1.807, 2.05) is 12.1 Å². The van der Waals surface area contributed by atoms with Gasteiger partial charge in [-0.1, -0.05) is 12.1 Å². The Morgan fingerprint density at radius 1 is 0.966 bits per heavy atom. The number of carbonyl (C=O) groups is 3. The highest BCUT2D eigenvalue weighted by Crippen LogP contribution is 2.56. The fraction of sp³-hybridized carbons (Fsp3) is 0.348. The van der Waals surface area contributed by atoms with Gasteiger partial charge < -0.3 is 10.1 Å². The summed E-state index contributed by atoms with van der Waals surface area (Å²) in [5.74, 6) is 0.582. The molecule has 1 heterocycles. The molecule has 0 aromatic heterocycles. The van der Waals surface area contributed by atoms with Gasteiger partial charge in [-0.25, -0.2) is 0 Å². The van der Waals surface area contributed by atoms with Gasteiger partial charge in [-0.15, -0.1) is 0 Å². The molecule has 148 valence electrons. The third-order valence-corrected chi connectivity index (χ3v) is 6.67. The van der Waals surface area contributed by atoms with Crippen molar-refractivity contribution < 1.29 is 19.1 Å². The molecule has 0 radical (unpaired) electrons. The molecule has 3 aliphatic rings. The van der Waals surface area contributed by atoms with Crippen LogP contribution in [0.2, 0.25) is 0 Å². The summed E-state index contributed by atoms with van der Waals surface area (Å²) in [5.41, 5.74) is 1.57. The van der Waals surface area contributed by atoms with Gasteiger partial charge in [0.2, 0.25) is 11.8 Å². The third kappa shape index (κ3) is 2.74. The van der Waals surface area contributed by atoms with Gasteiger partial charge in [-0.05, 0) is 67.5 Å².